The molecule has 0 saturated carbocycles. The number of aryl methyl sites for hydroxylation is 1. The van der Waals surface area contributed by atoms with Gasteiger partial charge in [0.15, 0.2) is 0 Å². The molecule has 0 aliphatic heterocycles. The number of hydrogen-bond donors (Lipinski definition) is 0. The lowest BCUT2D eigenvalue weighted by Gasteiger charge is -2.26. The Morgan fingerprint density at radius 3 is 2.00 bits per heavy atom. The Bertz CT molecular complexity index is 2360. The summed E-state index contributed by atoms with van der Waals surface area (Å²) in [5, 5.41) is 2.58. The molecule has 0 fully saturated rings. The van der Waals surface area contributed by atoms with Crippen LogP contribution in [-0.4, -0.2) is 18.8 Å². The highest BCUT2D eigenvalue weighted by Gasteiger charge is 2.26. The molecule has 0 saturated heterocycles. The lowest BCUT2D eigenvalue weighted by atomic mass is 9.78. The maximum atomic E-state index is 2.48. The van der Waals surface area contributed by atoms with Gasteiger partial charge in [0.05, 0.1) is 0 Å². The SMILES string of the molecule is CC.CC.CC.CCCc1ccccc1C=Cc1ccccc1-c1cccc2ccc(-c3c4c(c(-c5cccc(SS(C)(C)C)c5)c5c3CCC=C5)CC=C4)cc12. The van der Waals surface area contributed by atoms with Gasteiger partial charge in [-0.25, -0.2) is 0 Å². The van der Waals surface area contributed by atoms with Gasteiger partial charge in [-0.3, -0.25) is 0 Å². The lowest BCUT2D eigenvalue weighted by Crippen LogP contribution is -2.06. The first-order chi connectivity index (χ1) is 27.9. The Morgan fingerprint density at radius 2 is 1.23 bits per heavy atom. The molecule has 0 aromatic heterocycles. The number of hydrogen-bond acceptors (Lipinski definition) is 1. The fourth-order valence-corrected chi connectivity index (χ4v) is 11.0. The molecule has 0 bridgehead atoms. The summed E-state index contributed by atoms with van der Waals surface area (Å²) in [6.07, 6.45) is 26.7. The van der Waals surface area contributed by atoms with Crippen molar-refractivity contribution in [2.45, 2.75) is 85.5 Å². The maximum absolute atomic E-state index is 2.48. The third-order valence-corrected chi connectivity index (χ3v) is 13.2. The molecule has 0 nitrogen and oxygen atoms in total. The molecule has 0 unspecified atom stereocenters. The zero-order valence-electron chi connectivity index (χ0n) is 36.2. The van der Waals surface area contributed by atoms with E-state index in [4.69, 9.17) is 0 Å². The summed E-state index contributed by atoms with van der Waals surface area (Å²) in [6, 6.07) is 41.0. The predicted octanol–water partition coefficient (Wildman–Crippen LogP) is 17.3. The summed E-state index contributed by atoms with van der Waals surface area (Å²) >= 11 is 0. The second-order valence-electron chi connectivity index (χ2n) is 14.5. The summed E-state index contributed by atoms with van der Waals surface area (Å²) < 4.78 is 0. The number of rotatable bonds is 9. The van der Waals surface area contributed by atoms with E-state index in [-0.39, 0.29) is 0 Å². The van der Waals surface area contributed by atoms with Crippen LogP contribution in [0.25, 0.3) is 68.5 Å². The van der Waals surface area contributed by atoms with E-state index in [1.807, 2.05) is 52.3 Å². The molecule has 0 radical (unpaired) electrons. The van der Waals surface area contributed by atoms with E-state index in [0.717, 1.165) is 32.1 Å². The molecule has 6 aromatic rings. The van der Waals surface area contributed by atoms with Crippen molar-refractivity contribution in [2.75, 3.05) is 18.8 Å². The molecule has 8 rings (SSSR count). The first-order valence-corrected chi connectivity index (χ1v) is 25.5. The van der Waals surface area contributed by atoms with Crippen molar-refractivity contribution < 1.29 is 0 Å². The van der Waals surface area contributed by atoms with Crippen LogP contribution in [0, 0.1) is 0 Å². The zero-order chi connectivity index (χ0) is 41.0. The van der Waals surface area contributed by atoms with E-state index < -0.39 is 9.06 Å². The van der Waals surface area contributed by atoms with Crippen LogP contribution in [0.15, 0.2) is 126 Å². The first kappa shape index (κ1) is 43.6. The molecule has 2 aliphatic rings. The van der Waals surface area contributed by atoms with Crippen molar-refractivity contribution in [2.24, 2.45) is 0 Å². The van der Waals surface area contributed by atoms with Crippen molar-refractivity contribution in [3.05, 3.63) is 160 Å². The zero-order valence-corrected chi connectivity index (χ0v) is 37.8. The van der Waals surface area contributed by atoms with Crippen LogP contribution in [0.4, 0.5) is 0 Å². The monoisotopic (exact) mass is 788 g/mol. The van der Waals surface area contributed by atoms with Crippen molar-refractivity contribution in [1.82, 2.24) is 0 Å². The average molecular weight is 789 g/mol. The Morgan fingerprint density at radius 1 is 0.596 bits per heavy atom. The predicted molar refractivity (Wildman–Crippen MR) is 265 cm³/mol. The Labute approximate surface area is 351 Å². The highest BCUT2D eigenvalue weighted by atomic mass is 33.2. The van der Waals surface area contributed by atoms with Crippen LogP contribution in [0.1, 0.15) is 100 Å². The van der Waals surface area contributed by atoms with E-state index in [9.17, 15) is 0 Å². The Balaban J connectivity index is 0.000000988. The third kappa shape index (κ3) is 9.97. The molecule has 6 aromatic carbocycles. The molecule has 57 heavy (non-hydrogen) atoms. The fraction of sp³-hybridized carbons (Fsp3) is 0.273. The highest BCUT2D eigenvalue weighted by molar-refractivity contribution is 8.93. The van der Waals surface area contributed by atoms with Crippen molar-refractivity contribution >= 4 is 54.9 Å². The second kappa shape index (κ2) is 20.8. The van der Waals surface area contributed by atoms with Gasteiger partial charge in [0.2, 0.25) is 0 Å². The summed E-state index contributed by atoms with van der Waals surface area (Å²) in [5.41, 5.74) is 17.8. The smallest absolute Gasteiger partial charge is 0.0173 e. The fourth-order valence-electron chi connectivity index (χ4n) is 8.03. The van der Waals surface area contributed by atoms with Crippen molar-refractivity contribution in [3.63, 3.8) is 0 Å². The minimum atomic E-state index is -0.726. The van der Waals surface area contributed by atoms with Crippen LogP contribution in [-0.2, 0) is 19.3 Å². The summed E-state index contributed by atoms with van der Waals surface area (Å²) in [4.78, 5) is 1.37. The second-order valence-corrected chi connectivity index (χ2v) is 22.1. The standard InChI is InChI=1S/C49H46S2.3C2H6/c1-5-15-34-16-6-7-17-35(34)28-29-36-18-8-9-22-41(36)42-25-13-19-37-30-31-39(33-47(37)42)49-44-24-11-10-23-43(44)48(45-26-14-27-46(45)49)38-20-12-21-40(32-38)50-51(2,3)4;3*1-2/h6-10,12-14,16-23,25,27-33H,5,11,15,24,26H2,1-4H3;3*1-2H3. The van der Waals surface area contributed by atoms with Gasteiger partial charge in [0, 0.05) is 4.90 Å². The number of fused-ring (bicyclic) bond motifs is 3. The topological polar surface area (TPSA) is 0 Å². The van der Waals surface area contributed by atoms with Gasteiger partial charge in [-0.1, -0.05) is 193 Å². The van der Waals surface area contributed by atoms with Crippen LogP contribution in [0.3, 0.4) is 0 Å². The van der Waals surface area contributed by atoms with E-state index in [1.54, 1.807) is 0 Å². The Kier molecular flexibility index (Phi) is 15.9. The largest absolute Gasteiger partial charge is 0.197 e. The average Bonchev–Trinajstić information content (AvgIpc) is 3.73. The molecule has 2 heteroatoms. The summed E-state index contributed by atoms with van der Waals surface area (Å²) in [5.74, 6) is 0. The minimum Gasteiger partial charge on any atom is -0.197 e. The quantitative estimate of drug-likeness (QED) is 0.104. The molecule has 0 atom stereocenters. The van der Waals surface area contributed by atoms with E-state index >= 15 is 0 Å². The third-order valence-electron chi connectivity index (χ3n) is 10.2. The molecule has 0 amide bonds. The maximum Gasteiger partial charge on any atom is 0.0173 e. The van der Waals surface area contributed by atoms with Gasteiger partial charge in [-0.15, -0.1) is 0 Å². The highest BCUT2D eigenvalue weighted by Crippen LogP contribution is 2.55. The van der Waals surface area contributed by atoms with Crippen molar-refractivity contribution in [3.8, 4) is 33.4 Å². The van der Waals surface area contributed by atoms with Crippen LogP contribution < -0.4 is 0 Å². The van der Waals surface area contributed by atoms with Crippen LogP contribution in [0.5, 0.6) is 0 Å². The normalized spacial score (nSPS) is 12.8. The van der Waals surface area contributed by atoms with E-state index in [0.29, 0.717) is 0 Å². The van der Waals surface area contributed by atoms with E-state index in [1.165, 1.54) is 88.0 Å². The molecule has 0 spiro atoms. The van der Waals surface area contributed by atoms with Gasteiger partial charge in [0.1, 0.15) is 0 Å². The number of allylic oxidation sites excluding steroid dienone is 2. The molecule has 0 heterocycles. The van der Waals surface area contributed by atoms with Crippen LogP contribution >= 0.6 is 19.9 Å². The van der Waals surface area contributed by atoms with Gasteiger partial charge < -0.3 is 0 Å². The first-order valence-electron chi connectivity index (χ1n) is 21.3. The van der Waals surface area contributed by atoms with Gasteiger partial charge in [-0.2, -0.15) is 9.06 Å². The molecule has 2 aliphatic carbocycles. The molecular weight excluding hydrogens is 725 g/mol. The van der Waals surface area contributed by atoms with E-state index in [2.05, 4.69) is 171 Å². The number of benzene rings is 6. The molecule has 296 valence electrons. The van der Waals surface area contributed by atoms with Gasteiger partial charge in [0.25, 0.3) is 0 Å². The Hall–Kier alpha value is -4.50. The van der Waals surface area contributed by atoms with Crippen LogP contribution in [0.2, 0.25) is 0 Å². The molecule has 0 N–H and O–H groups in total. The van der Waals surface area contributed by atoms with Gasteiger partial charge in [-0.05, 0) is 146 Å². The summed E-state index contributed by atoms with van der Waals surface area (Å²) in [7, 11) is 1.31. The molecular formula is C55H64S2. The lowest BCUT2D eigenvalue weighted by molar-refractivity contribution is 0.920. The van der Waals surface area contributed by atoms with Gasteiger partial charge >= 0.3 is 0 Å². The minimum absolute atomic E-state index is 0.726. The van der Waals surface area contributed by atoms with Crippen molar-refractivity contribution in [1.29, 1.82) is 0 Å². The summed E-state index contributed by atoms with van der Waals surface area (Å²) in [6.45, 7) is 14.3.